The van der Waals surface area contributed by atoms with Crippen molar-refractivity contribution in [3.63, 3.8) is 0 Å². The summed E-state index contributed by atoms with van der Waals surface area (Å²) in [4.78, 5) is 24.0. The maximum Gasteiger partial charge on any atom is 0.339 e. The second-order valence-electron chi connectivity index (χ2n) is 5.27. The van der Waals surface area contributed by atoms with E-state index in [1.54, 1.807) is 12.1 Å². The smallest absolute Gasteiger partial charge is 0.339 e. The average Bonchev–Trinajstić information content (AvgIpc) is 2.86. The van der Waals surface area contributed by atoms with E-state index in [9.17, 15) is 9.59 Å². The van der Waals surface area contributed by atoms with Crippen LogP contribution in [0.4, 0.5) is 5.69 Å². The Bertz CT molecular complexity index is 528. The summed E-state index contributed by atoms with van der Waals surface area (Å²) in [6.07, 6.45) is 0. The van der Waals surface area contributed by atoms with Crippen molar-refractivity contribution in [2.75, 3.05) is 25.5 Å². The van der Waals surface area contributed by atoms with E-state index in [2.05, 4.69) is 10.6 Å². The van der Waals surface area contributed by atoms with Crippen LogP contribution in [0.1, 0.15) is 22.8 Å². The zero-order valence-corrected chi connectivity index (χ0v) is 12.0. The number of carbonyl (C=O) groups excluding carboxylic acids is 2. The van der Waals surface area contributed by atoms with Crippen LogP contribution in [0.25, 0.3) is 0 Å². The Balaban J connectivity index is 2.20. The predicted octanol–water partition coefficient (Wildman–Crippen LogP) is 1.58. The second-order valence-corrected chi connectivity index (χ2v) is 5.27. The topological polar surface area (TPSA) is 67.4 Å². The molecule has 0 spiro atoms. The van der Waals surface area contributed by atoms with Crippen molar-refractivity contribution < 1.29 is 14.3 Å². The van der Waals surface area contributed by atoms with E-state index in [1.807, 2.05) is 19.9 Å². The van der Waals surface area contributed by atoms with Crippen molar-refractivity contribution in [2.24, 2.45) is 11.8 Å². The lowest BCUT2D eigenvalue weighted by Crippen LogP contribution is -2.28. The Kier molecular flexibility index (Phi) is 4.39. The molecule has 1 aliphatic heterocycles. The van der Waals surface area contributed by atoms with Crippen LogP contribution in [0.2, 0.25) is 0 Å². The van der Waals surface area contributed by atoms with Gasteiger partial charge in [0.05, 0.1) is 24.3 Å². The molecule has 2 atom stereocenters. The van der Waals surface area contributed by atoms with Gasteiger partial charge in [0, 0.05) is 6.54 Å². The van der Waals surface area contributed by atoms with Gasteiger partial charge in [-0.1, -0.05) is 18.6 Å². The third-order valence-electron chi connectivity index (χ3n) is 3.69. The summed E-state index contributed by atoms with van der Waals surface area (Å²) in [5.74, 6) is -0.276. The second kappa shape index (κ2) is 6.05. The van der Waals surface area contributed by atoms with Gasteiger partial charge in [0.2, 0.25) is 5.91 Å². The Labute approximate surface area is 118 Å². The number of hydrogen-bond acceptors (Lipinski definition) is 4. The molecule has 0 saturated carbocycles. The molecule has 1 fully saturated rings. The van der Waals surface area contributed by atoms with Crippen LogP contribution in [-0.2, 0) is 9.53 Å². The van der Waals surface area contributed by atoms with Gasteiger partial charge in [-0.05, 0) is 31.5 Å². The number of benzene rings is 1. The van der Waals surface area contributed by atoms with Crippen LogP contribution in [0.3, 0.4) is 0 Å². The van der Waals surface area contributed by atoms with Crippen LogP contribution in [0.15, 0.2) is 18.2 Å². The van der Waals surface area contributed by atoms with Crippen LogP contribution < -0.4 is 10.6 Å². The summed E-state index contributed by atoms with van der Waals surface area (Å²) in [6, 6.07) is 5.32. The Hall–Kier alpha value is -1.88. The summed E-state index contributed by atoms with van der Waals surface area (Å²) < 4.78 is 4.76. The quantitative estimate of drug-likeness (QED) is 0.822. The number of ether oxygens (including phenoxy) is 1. The summed E-state index contributed by atoms with van der Waals surface area (Å²) in [5.41, 5.74) is 1.84. The molecule has 1 amide bonds. The minimum atomic E-state index is -0.443. The minimum absolute atomic E-state index is 0.0588. The molecule has 0 radical (unpaired) electrons. The van der Waals surface area contributed by atoms with Crippen molar-refractivity contribution in [1.82, 2.24) is 5.32 Å². The van der Waals surface area contributed by atoms with Gasteiger partial charge in [-0.2, -0.15) is 0 Å². The fraction of sp³-hybridized carbons (Fsp3) is 0.467. The molecular weight excluding hydrogens is 256 g/mol. The van der Waals surface area contributed by atoms with Crippen molar-refractivity contribution in [2.45, 2.75) is 13.8 Å². The molecule has 5 nitrogen and oxygen atoms in total. The lowest BCUT2D eigenvalue weighted by atomic mass is 9.97. The molecule has 0 aromatic heterocycles. The maximum absolute atomic E-state index is 12.3. The molecule has 1 aliphatic rings. The van der Waals surface area contributed by atoms with Crippen LogP contribution in [-0.4, -0.2) is 32.1 Å². The molecule has 1 aromatic rings. The summed E-state index contributed by atoms with van der Waals surface area (Å²) in [6.45, 7) is 5.45. The summed E-state index contributed by atoms with van der Waals surface area (Å²) in [7, 11) is 1.33. The average molecular weight is 276 g/mol. The minimum Gasteiger partial charge on any atom is -0.465 e. The number of methoxy groups -OCH3 is 1. The SMILES string of the molecule is COC(=O)c1cc(C)ccc1NC(=O)[C@@H]1CNC[C@H]1C. The number of nitrogens with one attached hydrogen (secondary N) is 2. The van der Waals surface area contributed by atoms with Gasteiger partial charge in [0.15, 0.2) is 0 Å². The fourth-order valence-electron chi connectivity index (χ4n) is 2.43. The number of hydrogen-bond donors (Lipinski definition) is 2. The lowest BCUT2D eigenvalue weighted by Gasteiger charge is -2.16. The van der Waals surface area contributed by atoms with E-state index in [0.29, 0.717) is 23.7 Å². The first kappa shape index (κ1) is 14.5. The standard InChI is InChI=1S/C15H20N2O3/c1-9-4-5-13(11(6-9)15(19)20-3)17-14(18)12-8-16-7-10(12)2/h4-6,10,12,16H,7-8H2,1-3H3,(H,17,18)/t10-,12-/m1/s1. The molecule has 1 heterocycles. The molecular formula is C15H20N2O3. The van der Waals surface area contributed by atoms with Gasteiger partial charge in [-0.15, -0.1) is 0 Å². The summed E-state index contributed by atoms with van der Waals surface area (Å²) in [5, 5.41) is 6.04. The lowest BCUT2D eigenvalue weighted by molar-refractivity contribution is -0.120. The van der Waals surface area contributed by atoms with E-state index in [4.69, 9.17) is 4.74 Å². The number of esters is 1. The zero-order valence-electron chi connectivity index (χ0n) is 12.0. The molecule has 2 rings (SSSR count). The van der Waals surface area contributed by atoms with E-state index in [-0.39, 0.29) is 11.8 Å². The van der Waals surface area contributed by atoms with Crippen LogP contribution in [0, 0.1) is 18.8 Å². The number of anilines is 1. The molecule has 5 heteroatoms. The fourth-order valence-corrected chi connectivity index (χ4v) is 2.43. The molecule has 0 aliphatic carbocycles. The van der Waals surface area contributed by atoms with Crippen molar-refractivity contribution in [3.8, 4) is 0 Å². The molecule has 108 valence electrons. The van der Waals surface area contributed by atoms with E-state index < -0.39 is 5.97 Å². The summed E-state index contributed by atoms with van der Waals surface area (Å²) >= 11 is 0. The molecule has 20 heavy (non-hydrogen) atoms. The molecule has 1 saturated heterocycles. The normalized spacial score (nSPS) is 21.6. The Morgan fingerprint density at radius 2 is 2.10 bits per heavy atom. The van der Waals surface area contributed by atoms with Crippen molar-refractivity contribution >= 4 is 17.6 Å². The number of carbonyl (C=O) groups is 2. The van der Waals surface area contributed by atoms with E-state index in [0.717, 1.165) is 12.1 Å². The predicted molar refractivity (Wildman–Crippen MR) is 76.7 cm³/mol. The highest BCUT2D eigenvalue weighted by Crippen LogP contribution is 2.22. The Morgan fingerprint density at radius 1 is 1.35 bits per heavy atom. The number of aryl methyl sites for hydroxylation is 1. The van der Waals surface area contributed by atoms with Gasteiger partial charge in [-0.25, -0.2) is 4.79 Å². The molecule has 1 aromatic carbocycles. The zero-order chi connectivity index (χ0) is 14.7. The Morgan fingerprint density at radius 3 is 2.70 bits per heavy atom. The highest BCUT2D eigenvalue weighted by molar-refractivity contribution is 6.02. The van der Waals surface area contributed by atoms with Crippen LogP contribution in [0.5, 0.6) is 0 Å². The first-order valence-electron chi connectivity index (χ1n) is 6.73. The van der Waals surface area contributed by atoms with Crippen LogP contribution >= 0.6 is 0 Å². The van der Waals surface area contributed by atoms with Crippen molar-refractivity contribution in [3.05, 3.63) is 29.3 Å². The third-order valence-corrected chi connectivity index (χ3v) is 3.69. The highest BCUT2D eigenvalue weighted by atomic mass is 16.5. The maximum atomic E-state index is 12.3. The van der Waals surface area contributed by atoms with Gasteiger partial charge >= 0.3 is 5.97 Å². The number of rotatable bonds is 3. The van der Waals surface area contributed by atoms with Gasteiger partial charge in [0.25, 0.3) is 0 Å². The first-order chi connectivity index (χ1) is 9.52. The van der Waals surface area contributed by atoms with Gasteiger partial charge < -0.3 is 15.4 Å². The highest BCUT2D eigenvalue weighted by Gasteiger charge is 2.30. The third kappa shape index (κ3) is 2.99. The van der Waals surface area contributed by atoms with E-state index in [1.165, 1.54) is 7.11 Å². The monoisotopic (exact) mass is 276 g/mol. The first-order valence-corrected chi connectivity index (χ1v) is 6.73. The van der Waals surface area contributed by atoms with Gasteiger partial charge in [0.1, 0.15) is 0 Å². The number of amides is 1. The largest absolute Gasteiger partial charge is 0.465 e. The van der Waals surface area contributed by atoms with E-state index >= 15 is 0 Å². The van der Waals surface area contributed by atoms with Crippen molar-refractivity contribution in [1.29, 1.82) is 0 Å². The molecule has 2 N–H and O–H groups in total. The molecule has 0 bridgehead atoms. The molecule has 0 unspecified atom stereocenters. The van der Waals surface area contributed by atoms with Gasteiger partial charge in [-0.3, -0.25) is 4.79 Å².